The van der Waals surface area contributed by atoms with E-state index in [2.05, 4.69) is 22.4 Å². The lowest BCUT2D eigenvalue weighted by atomic mass is 10.1. The lowest BCUT2D eigenvalue weighted by molar-refractivity contribution is 0.102. The first-order chi connectivity index (χ1) is 7.79. The molecule has 0 aliphatic heterocycles. The summed E-state index contributed by atoms with van der Waals surface area (Å²) in [5.41, 5.74) is 1.87. The third-order valence-corrected chi connectivity index (χ3v) is 2.37. The number of hydrogen-bond acceptors (Lipinski definition) is 2. The number of H-pyrrole nitrogens is 1. The maximum absolute atomic E-state index is 11.8. The molecule has 82 valence electrons. The minimum absolute atomic E-state index is 0.132. The molecule has 0 aliphatic rings. The van der Waals surface area contributed by atoms with Crippen molar-refractivity contribution in [3.63, 3.8) is 0 Å². The minimum atomic E-state index is -0.132. The monoisotopic (exact) mass is 215 g/mol. The molecule has 0 aliphatic carbocycles. The first-order valence-corrected chi connectivity index (χ1v) is 5.19. The Kier molecular flexibility index (Phi) is 3.00. The summed E-state index contributed by atoms with van der Waals surface area (Å²) in [6, 6.07) is 9.27. The van der Waals surface area contributed by atoms with Crippen molar-refractivity contribution in [2.75, 3.05) is 5.32 Å². The second-order valence-corrected chi connectivity index (χ2v) is 3.47. The summed E-state index contributed by atoms with van der Waals surface area (Å²) < 4.78 is 0. The predicted molar refractivity (Wildman–Crippen MR) is 62.4 cm³/mol. The summed E-state index contributed by atoms with van der Waals surface area (Å²) in [5, 5.41) is 9.15. The minimum Gasteiger partial charge on any atom is -0.307 e. The van der Waals surface area contributed by atoms with Crippen LogP contribution in [0.1, 0.15) is 22.8 Å². The number of benzene rings is 1. The lowest BCUT2D eigenvalue weighted by Gasteiger charge is -2.03. The van der Waals surface area contributed by atoms with Gasteiger partial charge in [-0.3, -0.25) is 9.89 Å². The number of rotatable bonds is 3. The Balaban J connectivity index is 2.09. The third-order valence-electron chi connectivity index (χ3n) is 2.37. The number of carbonyl (C=O) groups excluding carboxylic acids is 1. The van der Waals surface area contributed by atoms with Gasteiger partial charge in [0.15, 0.2) is 0 Å². The fraction of sp³-hybridized carbons (Fsp3) is 0.167. The largest absolute Gasteiger partial charge is 0.307 e. The fourth-order valence-corrected chi connectivity index (χ4v) is 1.41. The number of aryl methyl sites for hydroxylation is 1. The Morgan fingerprint density at radius 3 is 2.62 bits per heavy atom. The number of hydrogen-bond donors (Lipinski definition) is 2. The van der Waals surface area contributed by atoms with E-state index in [1.165, 1.54) is 5.56 Å². The Morgan fingerprint density at radius 2 is 2.06 bits per heavy atom. The Labute approximate surface area is 93.7 Å². The van der Waals surface area contributed by atoms with E-state index in [-0.39, 0.29) is 5.91 Å². The smallest absolute Gasteiger partial charge is 0.256 e. The van der Waals surface area contributed by atoms with Crippen molar-refractivity contribution in [1.29, 1.82) is 0 Å². The molecule has 0 fully saturated rings. The molecule has 2 aromatic rings. The van der Waals surface area contributed by atoms with Gasteiger partial charge in [0.1, 0.15) is 5.82 Å². The molecule has 16 heavy (non-hydrogen) atoms. The predicted octanol–water partition coefficient (Wildman–Crippen LogP) is 2.22. The van der Waals surface area contributed by atoms with E-state index >= 15 is 0 Å². The van der Waals surface area contributed by atoms with Crippen LogP contribution in [0, 0.1) is 0 Å². The zero-order valence-corrected chi connectivity index (χ0v) is 9.03. The topological polar surface area (TPSA) is 57.8 Å². The molecular formula is C12H13N3O. The van der Waals surface area contributed by atoms with E-state index in [4.69, 9.17) is 0 Å². The van der Waals surface area contributed by atoms with Crippen LogP contribution in [0.5, 0.6) is 0 Å². The van der Waals surface area contributed by atoms with E-state index in [1.807, 2.05) is 24.3 Å². The Morgan fingerprint density at radius 1 is 1.31 bits per heavy atom. The van der Waals surface area contributed by atoms with E-state index in [0.717, 1.165) is 6.42 Å². The number of anilines is 1. The van der Waals surface area contributed by atoms with Crippen molar-refractivity contribution in [2.24, 2.45) is 0 Å². The molecule has 0 saturated heterocycles. The highest BCUT2D eigenvalue weighted by Gasteiger charge is 2.05. The highest BCUT2D eigenvalue weighted by atomic mass is 16.1. The van der Waals surface area contributed by atoms with Gasteiger partial charge >= 0.3 is 0 Å². The van der Waals surface area contributed by atoms with Crippen molar-refractivity contribution in [3.05, 3.63) is 47.7 Å². The number of nitrogens with one attached hydrogen (secondary N) is 2. The second-order valence-electron chi connectivity index (χ2n) is 3.47. The van der Waals surface area contributed by atoms with E-state index in [0.29, 0.717) is 11.4 Å². The molecule has 0 bridgehead atoms. The van der Waals surface area contributed by atoms with Gasteiger partial charge in [-0.15, -0.1) is 0 Å². The Bertz CT molecular complexity index is 460. The second kappa shape index (κ2) is 4.61. The average Bonchev–Trinajstić information content (AvgIpc) is 2.82. The Hall–Kier alpha value is -2.10. The maximum Gasteiger partial charge on any atom is 0.256 e. The fourth-order valence-electron chi connectivity index (χ4n) is 1.41. The van der Waals surface area contributed by atoms with Gasteiger partial charge in [-0.05, 0) is 24.1 Å². The van der Waals surface area contributed by atoms with Gasteiger partial charge in [-0.2, -0.15) is 5.10 Å². The molecule has 4 heteroatoms. The molecule has 1 aromatic carbocycles. The first-order valence-electron chi connectivity index (χ1n) is 5.19. The van der Waals surface area contributed by atoms with Crippen molar-refractivity contribution in [1.82, 2.24) is 10.2 Å². The van der Waals surface area contributed by atoms with Crippen LogP contribution in [0.25, 0.3) is 0 Å². The van der Waals surface area contributed by atoms with Crippen LogP contribution in [0.2, 0.25) is 0 Å². The summed E-state index contributed by atoms with van der Waals surface area (Å²) in [6.07, 6.45) is 2.57. The summed E-state index contributed by atoms with van der Waals surface area (Å²) in [6.45, 7) is 2.08. The van der Waals surface area contributed by atoms with E-state index in [1.54, 1.807) is 12.3 Å². The van der Waals surface area contributed by atoms with Crippen molar-refractivity contribution in [2.45, 2.75) is 13.3 Å². The lowest BCUT2D eigenvalue weighted by Crippen LogP contribution is -2.12. The quantitative estimate of drug-likeness (QED) is 0.824. The number of aromatic amines is 1. The number of carbonyl (C=O) groups is 1. The van der Waals surface area contributed by atoms with Crippen LogP contribution >= 0.6 is 0 Å². The molecule has 1 heterocycles. The van der Waals surface area contributed by atoms with Gasteiger partial charge in [-0.25, -0.2) is 0 Å². The van der Waals surface area contributed by atoms with E-state index in [9.17, 15) is 4.79 Å². The van der Waals surface area contributed by atoms with Crippen LogP contribution in [0.15, 0.2) is 36.5 Å². The van der Waals surface area contributed by atoms with Gasteiger partial charge in [0.25, 0.3) is 5.91 Å². The molecule has 1 amide bonds. The molecule has 4 nitrogen and oxygen atoms in total. The van der Waals surface area contributed by atoms with Crippen LogP contribution in [0.3, 0.4) is 0 Å². The maximum atomic E-state index is 11.8. The molecule has 0 atom stereocenters. The molecule has 0 saturated carbocycles. The normalized spacial score (nSPS) is 10.1. The van der Waals surface area contributed by atoms with Gasteiger partial charge in [0, 0.05) is 11.6 Å². The molecular weight excluding hydrogens is 202 g/mol. The SMILES string of the molecule is CCc1ccc(C(=O)Nc2ccn[nH]2)cc1. The number of amides is 1. The highest BCUT2D eigenvalue weighted by Crippen LogP contribution is 2.07. The first kappa shape index (κ1) is 10.4. The highest BCUT2D eigenvalue weighted by molar-refractivity contribution is 6.03. The summed E-state index contributed by atoms with van der Waals surface area (Å²) >= 11 is 0. The standard InChI is InChI=1S/C12H13N3O/c1-2-9-3-5-10(6-4-9)12(16)14-11-7-8-13-15-11/h3-8H,2H2,1H3,(H2,13,14,15,16). The molecule has 2 N–H and O–H groups in total. The molecule has 0 spiro atoms. The molecule has 0 unspecified atom stereocenters. The van der Waals surface area contributed by atoms with E-state index < -0.39 is 0 Å². The van der Waals surface area contributed by atoms with Gasteiger partial charge in [0.2, 0.25) is 0 Å². The molecule has 1 aromatic heterocycles. The summed E-state index contributed by atoms with van der Waals surface area (Å²) in [5.74, 6) is 0.469. The van der Waals surface area contributed by atoms with Gasteiger partial charge in [0.05, 0.1) is 6.20 Å². The van der Waals surface area contributed by atoms with Crippen LogP contribution in [-0.2, 0) is 6.42 Å². The number of nitrogens with zero attached hydrogens (tertiary/aromatic N) is 1. The summed E-state index contributed by atoms with van der Waals surface area (Å²) in [4.78, 5) is 11.8. The van der Waals surface area contributed by atoms with Gasteiger partial charge in [-0.1, -0.05) is 19.1 Å². The van der Waals surface area contributed by atoms with Gasteiger partial charge < -0.3 is 5.32 Å². The van der Waals surface area contributed by atoms with Crippen molar-refractivity contribution in [3.8, 4) is 0 Å². The average molecular weight is 215 g/mol. The zero-order chi connectivity index (χ0) is 11.4. The zero-order valence-electron chi connectivity index (χ0n) is 9.03. The van der Waals surface area contributed by atoms with Crippen LogP contribution in [-0.4, -0.2) is 16.1 Å². The van der Waals surface area contributed by atoms with Crippen LogP contribution in [0.4, 0.5) is 5.82 Å². The van der Waals surface area contributed by atoms with Crippen molar-refractivity contribution < 1.29 is 4.79 Å². The third kappa shape index (κ3) is 2.28. The summed E-state index contributed by atoms with van der Waals surface area (Å²) in [7, 11) is 0. The molecule has 2 rings (SSSR count). The molecule has 0 radical (unpaired) electrons. The van der Waals surface area contributed by atoms with Crippen molar-refractivity contribution >= 4 is 11.7 Å². The number of aromatic nitrogens is 2. The van der Waals surface area contributed by atoms with Crippen LogP contribution < -0.4 is 5.32 Å².